The fourth-order valence-corrected chi connectivity index (χ4v) is 6.08. The summed E-state index contributed by atoms with van der Waals surface area (Å²) in [6.45, 7) is 7.46. The number of carbonyl (C=O) groups is 2. The molecule has 8 nitrogen and oxygen atoms in total. The fraction of sp³-hybridized carbons (Fsp3) is 0.375. The molecular weight excluding hydrogens is 607 g/mol. The second-order valence-electron chi connectivity index (χ2n) is 11.2. The van der Waals surface area contributed by atoms with Gasteiger partial charge in [-0.15, -0.1) is 0 Å². The van der Waals surface area contributed by atoms with Crippen LogP contribution in [0.3, 0.4) is 0 Å². The maximum atomic E-state index is 14.4. The number of amides is 2. The summed E-state index contributed by atoms with van der Waals surface area (Å²) in [7, 11) is -1.26. The van der Waals surface area contributed by atoms with E-state index >= 15 is 0 Å². The highest BCUT2D eigenvalue weighted by Crippen LogP contribution is 2.28. The predicted octanol–water partition coefficient (Wildman–Crippen LogP) is 5.64. The lowest BCUT2D eigenvalue weighted by molar-refractivity contribution is -0.140. The first-order chi connectivity index (χ1) is 20.2. The first-order valence-electron chi connectivity index (χ1n) is 14.0. The lowest BCUT2D eigenvalue weighted by Gasteiger charge is -2.35. The van der Waals surface area contributed by atoms with Crippen molar-refractivity contribution in [2.24, 2.45) is 5.92 Å². The number of benzene rings is 3. The van der Waals surface area contributed by atoms with E-state index in [2.05, 4.69) is 5.32 Å². The number of halogens is 2. The molecule has 0 aliphatic rings. The lowest BCUT2D eigenvalue weighted by Crippen LogP contribution is -2.54. The van der Waals surface area contributed by atoms with Gasteiger partial charge in [0.05, 0.1) is 5.69 Å². The second-order valence-corrected chi connectivity index (χ2v) is 14.1. The monoisotopic (exact) mass is 646 g/mol. The van der Waals surface area contributed by atoms with Gasteiger partial charge in [0.1, 0.15) is 12.6 Å². The van der Waals surface area contributed by atoms with Gasteiger partial charge in [0.25, 0.3) is 0 Å². The minimum Gasteiger partial charge on any atom is -0.354 e. The molecule has 0 radical (unpaired) electrons. The number of nitrogens with zero attached hydrogens (tertiary/aromatic N) is 3. The van der Waals surface area contributed by atoms with E-state index < -0.39 is 28.7 Å². The Kier molecular flexibility index (Phi) is 12.0. The Morgan fingerprint density at radius 2 is 1.60 bits per heavy atom. The first kappa shape index (κ1) is 34.4. The van der Waals surface area contributed by atoms with Crippen molar-refractivity contribution in [3.05, 3.63) is 99.0 Å². The molecule has 0 fully saturated rings. The van der Waals surface area contributed by atoms with E-state index in [-0.39, 0.29) is 24.8 Å². The van der Waals surface area contributed by atoms with Crippen LogP contribution in [0.2, 0.25) is 10.0 Å². The normalized spacial score (nSPS) is 12.3. The lowest BCUT2D eigenvalue weighted by atomic mass is 10.0. The van der Waals surface area contributed by atoms with Crippen molar-refractivity contribution in [3.63, 3.8) is 0 Å². The average Bonchev–Trinajstić information content (AvgIpc) is 2.95. The number of aryl methyl sites for hydroxylation is 2. The maximum Gasteiger partial charge on any atom is 0.304 e. The van der Waals surface area contributed by atoms with E-state index in [1.54, 1.807) is 31.2 Å². The Labute approximate surface area is 265 Å². The Balaban J connectivity index is 2.15. The molecule has 0 heterocycles. The van der Waals surface area contributed by atoms with Gasteiger partial charge in [0.15, 0.2) is 0 Å². The number of carbonyl (C=O) groups excluding carboxylic acids is 2. The second kappa shape index (κ2) is 15.1. The van der Waals surface area contributed by atoms with Crippen LogP contribution in [0, 0.1) is 19.8 Å². The number of hydrogen-bond donors (Lipinski definition) is 1. The van der Waals surface area contributed by atoms with Gasteiger partial charge in [-0.1, -0.05) is 85.6 Å². The zero-order valence-electron chi connectivity index (χ0n) is 25.5. The first-order valence-corrected chi connectivity index (χ1v) is 16.2. The van der Waals surface area contributed by atoms with Crippen molar-refractivity contribution < 1.29 is 18.0 Å². The molecule has 0 aromatic heterocycles. The van der Waals surface area contributed by atoms with Crippen LogP contribution in [-0.4, -0.2) is 62.7 Å². The molecule has 1 N–H and O–H groups in total. The Bertz CT molecular complexity index is 1530. The van der Waals surface area contributed by atoms with Gasteiger partial charge in [-0.05, 0) is 60.2 Å². The molecule has 43 heavy (non-hydrogen) atoms. The third kappa shape index (κ3) is 9.19. The summed E-state index contributed by atoms with van der Waals surface area (Å²) < 4.78 is 29.4. The van der Waals surface area contributed by atoms with Crippen molar-refractivity contribution in [2.45, 2.75) is 46.7 Å². The van der Waals surface area contributed by atoms with Crippen LogP contribution in [0.15, 0.2) is 66.7 Å². The van der Waals surface area contributed by atoms with Crippen LogP contribution in [-0.2, 0) is 32.8 Å². The molecule has 0 aliphatic heterocycles. The van der Waals surface area contributed by atoms with Crippen LogP contribution >= 0.6 is 23.2 Å². The molecule has 3 aromatic rings. The van der Waals surface area contributed by atoms with E-state index in [9.17, 15) is 18.0 Å². The number of hydrogen-bond acceptors (Lipinski definition) is 4. The summed E-state index contributed by atoms with van der Waals surface area (Å²) in [5.41, 5.74) is 3.33. The highest BCUT2D eigenvalue weighted by molar-refractivity contribution is 7.90. The van der Waals surface area contributed by atoms with Gasteiger partial charge >= 0.3 is 10.2 Å². The van der Waals surface area contributed by atoms with E-state index in [0.29, 0.717) is 33.4 Å². The van der Waals surface area contributed by atoms with Crippen molar-refractivity contribution >= 4 is 50.9 Å². The minimum atomic E-state index is -4.10. The summed E-state index contributed by atoms with van der Waals surface area (Å²) in [4.78, 5) is 29.6. The van der Waals surface area contributed by atoms with Gasteiger partial charge in [-0.3, -0.25) is 9.59 Å². The van der Waals surface area contributed by atoms with E-state index in [1.165, 1.54) is 19.0 Å². The average molecular weight is 648 g/mol. The SMILES string of the molecule is Cc1ccc(C)c(N(CC(=O)N(Cc2ccc(Cl)cc2Cl)[C@H](Cc2ccccc2)C(=O)NCC(C)C)S(=O)(=O)N(C)C)c1. The van der Waals surface area contributed by atoms with Gasteiger partial charge in [0, 0.05) is 43.7 Å². The maximum absolute atomic E-state index is 14.4. The molecule has 0 saturated heterocycles. The Morgan fingerprint density at radius 1 is 0.930 bits per heavy atom. The van der Waals surface area contributed by atoms with Gasteiger partial charge in [0.2, 0.25) is 11.8 Å². The molecule has 3 aromatic carbocycles. The van der Waals surface area contributed by atoms with E-state index in [1.807, 2.05) is 63.2 Å². The van der Waals surface area contributed by atoms with E-state index in [0.717, 1.165) is 19.7 Å². The molecule has 1 atom stereocenters. The summed E-state index contributed by atoms with van der Waals surface area (Å²) >= 11 is 12.7. The van der Waals surface area contributed by atoms with E-state index in [4.69, 9.17) is 23.2 Å². The molecular formula is C32H40Cl2N4O4S. The highest BCUT2D eigenvalue weighted by Gasteiger charge is 2.35. The van der Waals surface area contributed by atoms with Crippen molar-refractivity contribution in [2.75, 3.05) is 31.5 Å². The standard InChI is InChI=1S/C32H40Cl2N4O4S/c1-22(2)19-35-32(40)30(17-25-10-8-7-9-11-25)37(20-26-14-15-27(33)18-28(26)34)31(39)21-38(43(41,42)36(5)6)29-16-23(3)12-13-24(29)4/h7-16,18,22,30H,17,19-21H2,1-6H3,(H,35,40)/t30-/m1/s1. The largest absolute Gasteiger partial charge is 0.354 e. The summed E-state index contributed by atoms with van der Waals surface area (Å²) in [5, 5.41) is 3.73. The molecule has 0 unspecified atom stereocenters. The fourth-order valence-electron chi connectivity index (χ4n) is 4.50. The molecule has 2 amide bonds. The molecule has 0 spiro atoms. The molecule has 0 aliphatic carbocycles. The zero-order chi connectivity index (χ0) is 31.9. The molecule has 3 rings (SSSR count). The van der Waals surface area contributed by atoms with Crippen molar-refractivity contribution in [1.82, 2.24) is 14.5 Å². The molecule has 0 saturated carbocycles. The number of anilines is 1. The zero-order valence-corrected chi connectivity index (χ0v) is 27.8. The van der Waals surface area contributed by atoms with Crippen LogP contribution in [0.25, 0.3) is 0 Å². The molecule has 11 heteroatoms. The van der Waals surface area contributed by atoms with Gasteiger partial charge in [-0.2, -0.15) is 12.7 Å². The topological polar surface area (TPSA) is 90.0 Å². The predicted molar refractivity (Wildman–Crippen MR) is 175 cm³/mol. The summed E-state index contributed by atoms with van der Waals surface area (Å²) in [6, 6.07) is 18.8. The summed E-state index contributed by atoms with van der Waals surface area (Å²) in [5.74, 6) is -0.719. The van der Waals surface area contributed by atoms with Crippen molar-refractivity contribution in [1.29, 1.82) is 0 Å². The van der Waals surface area contributed by atoms with Gasteiger partial charge < -0.3 is 10.2 Å². The van der Waals surface area contributed by atoms with Crippen LogP contribution < -0.4 is 9.62 Å². The highest BCUT2D eigenvalue weighted by atomic mass is 35.5. The third-order valence-electron chi connectivity index (χ3n) is 6.96. The Morgan fingerprint density at radius 3 is 2.21 bits per heavy atom. The van der Waals surface area contributed by atoms with Crippen LogP contribution in [0.1, 0.15) is 36.1 Å². The number of rotatable bonds is 13. The Hall–Kier alpha value is -3.11. The quantitative estimate of drug-likeness (QED) is 0.260. The minimum absolute atomic E-state index is 0.0376. The molecule has 232 valence electrons. The van der Waals surface area contributed by atoms with Crippen molar-refractivity contribution in [3.8, 4) is 0 Å². The number of nitrogens with one attached hydrogen (secondary N) is 1. The molecule has 0 bridgehead atoms. The van der Waals surface area contributed by atoms with Gasteiger partial charge in [-0.25, -0.2) is 4.31 Å². The third-order valence-corrected chi connectivity index (χ3v) is 9.36. The summed E-state index contributed by atoms with van der Waals surface area (Å²) in [6.07, 6.45) is 0.214. The van der Waals surface area contributed by atoms with Crippen LogP contribution in [0.5, 0.6) is 0 Å². The van der Waals surface area contributed by atoms with Crippen LogP contribution in [0.4, 0.5) is 5.69 Å². The smallest absolute Gasteiger partial charge is 0.304 e.